The van der Waals surface area contributed by atoms with Crippen molar-refractivity contribution in [2.75, 3.05) is 12.4 Å². The van der Waals surface area contributed by atoms with E-state index in [0.717, 1.165) is 17.8 Å². The number of amides is 2. The second kappa shape index (κ2) is 6.49. The van der Waals surface area contributed by atoms with Crippen LogP contribution in [0.1, 0.15) is 42.3 Å². The highest BCUT2D eigenvalue weighted by Crippen LogP contribution is 2.42. The van der Waals surface area contributed by atoms with E-state index in [1.807, 2.05) is 0 Å². The number of carbonyl (C=O) groups is 1. The lowest BCUT2D eigenvalue weighted by molar-refractivity contribution is 0.249. The Bertz CT molecular complexity index is 717. The minimum absolute atomic E-state index is 0.173. The van der Waals surface area contributed by atoms with Crippen LogP contribution in [0.3, 0.4) is 0 Å². The third-order valence-electron chi connectivity index (χ3n) is 3.61. The molecule has 6 nitrogen and oxygen atoms in total. The minimum atomic E-state index is -0.461. The van der Waals surface area contributed by atoms with E-state index < -0.39 is 11.8 Å². The summed E-state index contributed by atoms with van der Waals surface area (Å²) < 4.78 is 18.6. The summed E-state index contributed by atoms with van der Waals surface area (Å²) in [5, 5.41) is 14.9. The number of benzene rings is 1. The van der Waals surface area contributed by atoms with Gasteiger partial charge in [0.05, 0.1) is 13.2 Å². The van der Waals surface area contributed by atoms with Gasteiger partial charge in [-0.1, -0.05) is 17.4 Å². The Morgan fingerprint density at radius 3 is 2.87 bits per heavy atom. The molecule has 1 saturated carbocycles. The Kier molecular flexibility index (Phi) is 4.42. The second-order valence-corrected chi connectivity index (χ2v) is 6.44. The molecule has 23 heavy (non-hydrogen) atoms. The van der Waals surface area contributed by atoms with Crippen LogP contribution >= 0.6 is 11.3 Å². The smallest absolute Gasteiger partial charge is 0.321 e. The zero-order chi connectivity index (χ0) is 16.4. The molecular formula is C15H17FN4O2S. The molecule has 1 aliphatic carbocycles. The van der Waals surface area contributed by atoms with E-state index >= 15 is 0 Å². The van der Waals surface area contributed by atoms with Crippen molar-refractivity contribution in [2.24, 2.45) is 0 Å². The van der Waals surface area contributed by atoms with Gasteiger partial charge in [0.1, 0.15) is 5.01 Å². The highest BCUT2D eigenvalue weighted by Gasteiger charge is 2.27. The lowest BCUT2D eigenvalue weighted by atomic mass is 10.1. The maximum Gasteiger partial charge on any atom is 0.321 e. The van der Waals surface area contributed by atoms with E-state index in [4.69, 9.17) is 4.74 Å². The molecule has 0 radical (unpaired) electrons. The first kappa shape index (κ1) is 15.7. The number of urea groups is 1. The lowest BCUT2D eigenvalue weighted by Gasteiger charge is -2.15. The van der Waals surface area contributed by atoms with Crippen molar-refractivity contribution >= 4 is 22.5 Å². The Balaban J connectivity index is 1.58. The molecule has 0 saturated heterocycles. The van der Waals surface area contributed by atoms with Crippen molar-refractivity contribution < 1.29 is 13.9 Å². The largest absolute Gasteiger partial charge is 0.494 e. The summed E-state index contributed by atoms with van der Waals surface area (Å²) in [5.74, 6) is 0.219. The summed E-state index contributed by atoms with van der Waals surface area (Å²) in [4.78, 5) is 12.0. The molecule has 0 unspecified atom stereocenters. The summed E-state index contributed by atoms with van der Waals surface area (Å²) in [5.41, 5.74) is 0.648. The van der Waals surface area contributed by atoms with Crippen LogP contribution in [-0.4, -0.2) is 23.3 Å². The number of aromatic nitrogens is 2. The number of rotatable bonds is 5. The van der Waals surface area contributed by atoms with E-state index in [1.165, 1.54) is 30.6 Å². The lowest BCUT2D eigenvalue weighted by Crippen LogP contribution is -2.31. The summed E-state index contributed by atoms with van der Waals surface area (Å²) in [6.45, 7) is 1.77. The number of nitrogens with one attached hydrogen (secondary N) is 2. The van der Waals surface area contributed by atoms with Gasteiger partial charge in [-0.05, 0) is 37.5 Å². The highest BCUT2D eigenvalue weighted by molar-refractivity contribution is 7.15. The van der Waals surface area contributed by atoms with Crippen LogP contribution in [0.5, 0.6) is 5.75 Å². The molecule has 2 amide bonds. The van der Waals surface area contributed by atoms with Gasteiger partial charge >= 0.3 is 6.03 Å². The fourth-order valence-electron chi connectivity index (χ4n) is 2.15. The molecule has 3 rings (SSSR count). The number of carbonyl (C=O) groups excluding carboxylic acids is 1. The van der Waals surface area contributed by atoms with Crippen molar-refractivity contribution in [3.05, 3.63) is 34.6 Å². The van der Waals surface area contributed by atoms with Gasteiger partial charge in [-0.2, -0.15) is 0 Å². The third kappa shape index (κ3) is 3.76. The maximum atomic E-state index is 13.7. The maximum absolute atomic E-state index is 13.7. The van der Waals surface area contributed by atoms with Gasteiger partial charge in [0.15, 0.2) is 11.6 Å². The number of hydrogen-bond acceptors (Lipinski definition) is 5. The van der Waals surface area contributed by atoms with E-state index in [9.17, 15) is 9.18 Å². The molecule has 0 bridgehead atoms. The first-order chi connectivity index (χ1) is 11.1. The normalized spacial score (nSPS) is 15.1. The van der Waals surface area contributed by atoms with Gasteiger partial charge in [0.25, 0.3) is 0 Å². The van der Waals surface area contributed by atoms with Crippen molar-refractivity contribution in [2.45, 2.75) is 31.7 Å². The van der Waals surface area contributed by atoms with Crippen LogP contribution in [0.2, 0.25) is 0 Å². The Morgan fingerprint density at radius 2 is 2.22 bits per heavy atom. The van der Waals surface area contributed by atoms with Crippen molar-refractivity contribution in [3.63, 3.8) is 0 Å². The predicted octanol–water partition coefficient (Wildman–Crippen LogP) is 3.45. The molecular weight excluding hydrogens is 319 g/mol. The molecule has 1 heterocycles. The molecule has 2 aromatic rings. The van der Waals surface area contributed by atoms with Crippen LogP contribution < -0.4 is 15.4 Å². The second-order valence-electron chi connectivity index (χ2n) is 5.43. The number of anilines is 1. The number of halogens is 1. The molecule has 0 aliphatic heterocycles. The summed E-state index contributed by atoms with van der Waals surface area (Å²) in [6.07, 6.45) is 2.28. The van der Waals surface area contributed by atoms with Crippen molar-refractivity contribution in [1.82, 2.24) is 15.5 Å². The quantitative estimate of drug-likeness (QED) is 0.877. The summed E-state index contributed by atoms with van der Waals surface area (Å²) in [7, 11) is 1.41. The van der Waals surface area contributed by atoms with Crippen LogP contribution in [0.4, 0.5) is 14.3 Å². The average Bonchev–Trinajstić information content (AvgIpc) is 3.27. The van der Waals surface area contributed by atoms with Crippen molar-refractivity contribution in [1.29, 1.82) is 0 Å². The first-order valence-corrected chi connectivity index (χ1v) is 8.13. The van der Waals surface area contributed by atoms with Gasteiger partial charge in [-0.3, -0.25) is 5.32 Å². The number of ether oxygens (including phenoxy) is 1. The Morgan fingerprint density at radius 1 is 1.43 bits per heavy atom. The van der Waals surface area contributed by atoms with Gasteiger partial charge in [0, 0.05) is 5.92 Å². The number of methoxy groups -OCH3 is 1. The topological polar surface area (TPSA) is 76.1 Å². The van der Waals surface area contributed by atoms with Crippen LogP contribution in [0.15, 0.2) is 18.2 Å². The molecule has 122 valence electrons. The zero-order valence-electron chi connectivity index (χ0n) is 12.8. The monoisotopic (exact) mass is 336 g/mol. The van der Waals surface area contributed by atoms with E-state index in [2.05, 4.69) is 20.8 Å². The fourth-order valence-corrected chi connectivity index (χ4v) is 3.05. The predicted molar refractivity (Wildman–Crippen MR) is 85.4 cm³/mol. The molecule has 1 aromatic heterocycles. The van der Waals surface area contributed by atoms with Gasteiger partial charge in [0.2, 0.25) is 5.13 Å². The molecule has 0 spiro atoms. The average molecular weight is 336 g/mol. The molecule has 8 heteroatoms. The van der Waals surface area contributed by atoms with Crippen molar-refractivity contribution in [3.8, 4) is 5.75 Å². The Hall–Kier alpha value is -2.22. The molecule has 1 atom stereocenters. The number of hydrogen-bond donors (Lipinski definition) is 2. The van der Waals surface area contributed by atoms with E-state index in [-0.39, 0.29) is 11.8 Å². The standard InChI is InChI=1S/C15H17FN4O2S/c1-8(10-5-6-12(22-2)11(16)7-10)17-14(21)18-15-20-19-13(23-15)9-3-4-9/h5-9H,3-4H2,1-2H3,(H2,17,18,20,21)/t8-/m0/s1. The molecule has 1 fully saturated rings. The van der Waals surface area contributed by atoms with E-state index in [0.29, 0.717) is 16.6 Å². The Labute approximate surface area is 137 Å². The minimum Gasteiger partial charge on any atom is -0.494 e. The van der Waals surface area contributed by atoms with Gasteiger partial charge in [-0.25, -0.2) is 9.18 Å². The van der Waals surface area contributed by atoms with E-state index in [1.54, 1.807) is 13.0 Å². The molecule has 2 N–H and O–H groups in total. The van der Waals surface area contributed by atoms with Gasteiger partial charge in [-0.15, -0.1) is 10.2 Å². The first-order valence-electron chi connectivity index (χ1n) is 7.31. The van der Waals surface area contributed by atoms with Gasteiger partial charge < -0.3 is 10.1 Å². The summed E-state index contributed by atoms with van der Waals surface area (Å²) >= 11 is 1.39. The SMILES string of the molecule is COc1ccc([C@H](C)NC(=O)Nc2nnc(C3CC3)s2)cc1F. The van der Waals surface area contributed by atoms with Crippen LogP contribution in [-0.2, 0) is 0 Å². The molecule has 1 aliphatic rings. The van der Waals surface area contributed by atoms with Crippen LogP contribution in [0.25, 0.3) is 0 Å². The molecule has 1 aromatic carbocycles. The zero-order valence-corrected chi connectivity index (χ0v) is 13.6. The van der Waals surface area contributed by atoms with Crippen LogP contribution in [0, 0.1) is 5.82 Å². The number of nitrogens with zero attached hydrogens (tertiary/aromatic N) is 2. The summed E-state index contributed by atoms with van der Waals surface area (Å²) in [6, 6.07) is 3.84. The third-order valence-corrected chi connectivity index (χ3v) is 4.61. The fraction of sp³-hybridized carbons (Fsp3) is 0.400. The highest BCUT2D eigenvalue weighted by atomic mass is 32.1.